The van der Waals surface area contributed by atoms with E-state index in [4.69, 9.17) is 4.74 Å². The molecule has 158 valence electrons. The highest BCUT2D eigenvalue weighted by Gasteiger charge is 2.33. The molecule has 0 bridgehead atoms. The van der Waals surface area contributed by atoms with Crippen molar-refractivity contribution >= 4 is 17.6 Å². The van der Waals surface area contributed by atoms with Crippen molar-refractivity contribution in [3.05, 3.63) is 47.7 Å². The van der Waals surface area contributed by atoms with Gasteiger partial charge in [-0.05, 0) is 25.0 Å². The lowest BCUT2D eigenvalue weighted by atomic mass is 10.1. The van der Waals surface area contributed by atoms with Gasteiger partial charge in [-0.25, -0.2) is 14.2 Å². The second-order valence-electron chi connectivity index (χ2n) is 6.64. The van der Waals surface area contributed by atoms with Crippen molar-refractivity contribution in [1.82, 2.24) is 19.6 Å². The quantitative estimate of drug-likeness (QED) is 0.478. The summed E-state index contributed by atoms with van der Waals surface area (Å²) < 4.78 is 61.5. The monoisotopic (exact) mass is 425 g/mol. The maximum Gasteiger partial charge on any atom is 0.573 e. The van der Waals surface area contributed by atoms with E-state index in [1.807, 2.05) is 0 Å². The first kappa shape index (κ1) is 19.9. The molecule has 2 heterocycles. The Balaban J connectivity index is 1.70. The first-order valence-corrected chi connectivity index (χ1v) is 8.85. The molecular weight excluding hydrogens is 410 g/mol. The molecule has 12 heteroatoms. The van der Waals surface area contributed by atoms with Crippen molar-refractivity contribution in [3.63, 3.8) is 0 Å². The Morgan fingerprint density at radius 1 is 1.30 bits per heavy atom. The van der Waals surface area contributed by atoms with Crippen LogP contribution in [0.15, 0.2) is 30.6 Å². The summed E-state index contributed by atoms with van der Waals surface area (Å²) in [4.78, 5) is 20.8. The number of hydrogen-bond donors (Lipinski definition) is 1. The van der Waals surface area contributed by atoms with E-state index in [1.165, 1.54) is 10.8 Å². The number of nitrogens with zero attached hydrogens (tertiary/aromatic N) is 4. The van der Waals surface area contributed by atoms with Crippen LogP contribution < -0.4 is 10.1 Å². The Labute approximate surface area is 166 Å². The molecule has 1 unspecified atom stereocenters. The lowest BCUT2D eigenvalue weighted by Crippen LogP contribution is -2.25. The zero-order valence-corrected chi connectivity index (χ0v) is 15.5. The van der Waals surface area contributed by atoms with Crippen LogP contribution in [0, 0.1) is 5.82 Å². The van der Waals surface area contributed by atoms with Gasteiger partial charge < -0.3 is 14.8 Å². The summed E-state index contributed by atoms with van der Waals surface area (Å²) in [6, 6.07) is 2.79. The summed E-state index contributed by atoms with van der Waals surface area (Å²) in [6.07, 6.45) is -1.76. The number of carbonyl (C=O) groups excluding carboxylic acids is 1. The molecule has 1 saturated carbocycles. The smallest absolute Gasteiger partial charge is 0.467 e. The van der Waals surface area contributed by atoms with Crippen LogP contribution in [-0.2, 0) is 9.53 Å². The van der Waals surface area contributed by atoms with Gasteiger partial charge in [0.15, 0.2) is 6.04 Å². The van der Waals surface area contributed by atoms with Gasteiger partial charge in [0.25, 0.3) is 5.78 Å². The Morgan fingerprint density at radius 2 is 2.07 bits per heavy atom. The van der Waals surface area contributed by atoms with E-state index < -0.39 is 29.9 Å². The van der Waals surface area contributed by atoms with E-state index in [9.17, 15) is 22.4 Å². The van der Waals surface area contributed by atoms with E-state index in [0.29, 0.717) is 17.7 Å². The number of nitrogens with one attached hydrogen (secondary N) is 1. The molecule has 1 atom stereocenters. The molecule has 2 aromatic heterocycles. The third-order valence-corrected chi connectivity index (χ3v) is 4.51. The zero-order valence-electron chi connectivity index (χ0n) is 15.5. The number of methoxy groups -OCH3 is 1. The number of esters is 1. The van der Waals surface area contributed by atoms with Gasteiger partial charge in [0.1, 0.15) is 23.7 Å². The van der Waals surface area contributed by atoms with Gasteiger partial charge in [0, 0.05) is 23.6 Å². The molecule has 1 aliphatic carbocycles. The molecule has 0 amide bonds. The predicted molar refractivity (Wildman–Crippen MR) is 94.2 cm³/mol. The molecular formula is C18H15F4N5O3. The number of alkyl halides is 3. The number of halogens is 4. The molecule has 3 aromatic rings. The minimum absolute atomic E-state index is 0.227. The van der Waals surface area contributed by atoms with Gasteiger partial charge in [-0.2, -0.15) is 14.6 Å². The van der Waals surface area contributed by atoms with E-state index in [2.05, 4.69) is 25.1 Å². The SMILES string of the molecule is COC(=O)C(Nc1cc(C2CC2)nc2ncnn12)c1ccc(OC(F)(F)F)cc1F. The Bertz CT molecular complexity index is 1100. The second kappa shape index (κ2) is 7.43. The van der Waals surface area contributed by atoms with Crippen molar-refractivity contribution in [2.75, 3.05) is 12.4 Å². The van der Waals surface area contributed by atoms with Gasteiger partial charge >= 0.3 is 12.3 Å². The number of benzene rings is 1. The number of ether oxygens (including phenoxy) is 2. The van der Waals surface area contributed by atoms with E-state index in [0.717, 1.165) is 37.8 Å². The van der Waals surface area contributed by atoms with E-state index in [1.54, 1.807) is 6.07 Å². The van der Waals surface area contributed by atoms with E-state index in [-0.39, 0.29) is 11.5 Å². The van der Waals surface area contributed by atoms with Crippen LogP contribution in [0.3, 0.4) is 0 Å². The standard InChI is InChI=1S/C18H15F4N5O3/c1-29-16(28)15(11-5-4-10(6-12(11)19)30-18(20,21)22)26-14-7-13(9-2-3-9)25-17-23-8-24-27(14)17/h4-9,15,26H,2-3H2,1H3. The average Bonchev–Trinajstić information content (AvgIpc) is 3.42. The highest BCUT2D eigenvalue weighted by Crippen LogP contribution is 2.40. The summed E-state index contributed by atoms with van der Waals surface area (Å²) in [5.41, 5.74) is 0.519. The first-order valence-electron chi connectivity index (χ1n) is 8.85. The number of fused-ring (bicyclic) bond motifs is 1. The van der Waals surface area contributed by atoms with Gasteiger partial charge in [-0.3, -0.25) is 0 Å². The van der Waals surface area contributed by atoms with Gasteiger partial charge in [0.05, 0.1) is 12.8 Å². The van der Waals surface area contributed by atoms with E-state index >= 15 is 0 Å². The molecule has 8 nitrogen and oxygen atoms in total. The fourth-order valence-electron chi connectivity index (χ4n) is 2.99. The molecule has 1 aliphatic rings. The normalized spacial score (nSPS) is 15.1. The first-order chi connectivity index (χ1) is 14.2. The molecule has 0 saturated heterocycles. The fourth-order valence-corrected chi connectivity index (χ4v) is 2.99. The summed E-state index contributed by atoms with van der Waals surface area (Å²) in [7, 11) is 1.11. The van der Waals surface area contributed by atoms with Crippen molar-refractivity contribution in [3.8, 4) is 5.75 Å². The molecule has 0 radical (unpaired) electrons. The molecule has 0 spiro atoms. The highest BCUT2D eigenvalue weighted by atomic mass is 19.4. The number of aromatic nitrogens is 4. The average molecular weight is 425 g/mol. The minimum Gasteiger partial charge on any atom is -0.467 e. The molecule has 0 aliphatic heterocycles. The molecule has 30 heavy (non-hydrogen) atoms. The van der Waals surface area contributed by atoms with Crippen molar-refractivity contribution in [2.45, 2.75) is 31.2 Å². The third-order valence-electron chi connectivity index (χ3n) is 4.51. The van der Waals surface area contributed by atoms with Crippen molar-refractivity contribution in [2.24, 2.45) is 0 Å². The summed E-state index contributed by atoms with van der Waals surface area (Å²) >= 11 is 0. The van der Waals surface area contributed by atoms with Gasteiger partial charge in [-0.1, -0.05) is 0 Å². The van der Waals surface area contributed by atoms with Crippen LogP contribution in [0.2, 0.25) is 0 Å². The van der Waals surface area contributed by atoms with Crippen LogP contribution in [0.1, 0.15) is 36.1 Å². The molecule has 1 fully saturated rings. The Morgan fingerprint density at radius 3 is 2.70 bits per heavy atom. The van der Waals surface area contributed by atoms with Crippen LogP contribution in [0.4, 0.5) is 23.4 Å². The number of anilines is 1. The molecule has 4 rings (SSSR count). The van der Waals surface area contributed by atoms with Gasteiger partial charge in [0.2, 0.25) is 0 Å². The number of carbonyl (C=O) groups is 1. The lowest BCUT2D eigenvalue weighted by molar-refractivity contribution is -0.274. The largest absolute Gasteiger partial charge is 0.573 e. The van der Waals surface area contributed by atoms with Crippen LogP contribution >= 0.6 is 0 Å². The summed E-state index contributed by atoms with van der Waals surface area (Å²) in [6.45, 7) is 0. The topological polar surface area (TPSA) is 90.6 Å². The zero-order chi connectivity index (χ0) is 21.5. The van der Waals surface area contributed by atoms with Crippen molar-refractivity contribution in [1.29, 1.82) is 0 Å². The predicted octanol–water partition coefficient (Wildman–Crippen LogP) is 3.37. The fraction of sp³-hybridized carbons (Fsp3) is 0.333. The maximum absolute atomic E-state index is 14.6. The third kappa shape index (κ3) is 4.11. The summed E-state index contributed by atoms with van der Waals surface area (Å²) in [5.74, 6) is -1.81. The Hall–Kier alpha value is -3.44. The number of hydrogen-bond acceptors (Lipinski definition) is 7. The number of rotatable bonds is 6. The van der Waals surface area contributed by atoms with Crippen LogP contribution in [0.25, 0.3) is 5.78 Å². The molecule has 1 N–H and O–H groups in total. The Kier molecular flexibility index (Phi) is 4.92. The van der Waals surface area contributed by atoms with Gasteiger partial charge in [-0.15, -0.1) is 13.2 Å². The minimum atomic E-state index is -4.97. The highest BCUT2D eigenvalue weighted by molar-refractivity contribution is 5.81. The van der Waals surface area contributed by atoms with Crippen LogP contribution in [-0.4, -0.2) is 39.0 Å². The van der Waals surface area contributed by atoms with Crippen molar-refractivity contribution < 1.29 is 31.8 Å². The lowest BCUT2D eigenvalue weighted by Gasteiger charge is -2.20. The second-order valence-corrected chi connectivity index (χ2v) is 6.64. The molecule has 1 aromatic carbocycles. The van der Waals surface area contributed by atoms with Crippen LogP contribution in [0.5, 0.6) is 5.75 Å². The maximum atomic E-state index is 14.6. The summed E-state index contributed by atoms with van der Waals surface area (Å²) in [5, 5.41) is 6.89.